The van der Waals surface area contributed by atoms with Crippen LogP contribution in [0.25, 0.3) is 16.7 Å². The molecular weight excluding hydrogens is 396 g/mol. The number of nitrogens with zero attached hydrogens (tertiary/aromatic N) is 5. The van der Waals surface area contributed by atoms with Gasteiger partial charge in [0.2, 0.25) is 0 Å². The van der Waals surface area contributed by atoms with Gasteiger partial charge in [0.1, 0.15) is 5.65 Å². The number of hydrogen-bond acceptors (Lipinski definition) is 5. The van der Waals surface area contributed by atoms with Crippen molar-refractivity contribution in [3.05, 3.63) is 80.3 Å². The van der Waals surface area contributed by atoms with E-state index in [1.165, 1.54) is 41.8 Å². The number of pyridine rings is 1. The molecule has 1 amide bonds. The summed E-state index contributed by atoms with van der Waals surface area (Å²) >= 11 is 5.99. The van der Waals surface area contributed by atoms with Crippen LogP contribution in [0.5, 0.6) is 0 Å². The number of aromatic nitrogens is 5. The number of halogens is 1. The van der Waals surface area contributed by atoms with Gasteiger partial charge in [-0.15, -0.1) is 0 Å². The van der Waals surface area contributed by atoms with Gasteiger partial charge < -0.3 is 5.32 Å². The summed E-state index contributed by atoms with van der Waals surface area (Å²) in [7, 11) is 2.92. The number of anilines is 1. The van der Waals surface area contributed by atoms with E-state index in [9.17, 15) is 14.4 Å². The van der Waals surface area contributed by atoms with Gasteiger partial charge in [0.25, 0.3) is 11.5 Å². The normalized spacial score (nSPS) is 11.0. The first-order valence-electron chi connectivity index (χ1n) is 8.53. The number of carbonyl (C=O) groups excluding carboxylic acids is 1. The number of rotatable bonds is 3. The van der Waals surface area contributed by atoms with Gasteiger partial charge >= 0.3 is 5.69 Å². The van der Waals surface area contributed by atoms with Crippen molar-refractivity contribution in [2.45, 2.75) is 0 Å². The lowest BCUT2D eigenvalue weighted by atomic mass is 10.2. The predicted molar refractivity (Wildman–Crippen MR) is 109 cm³/mol. The summed E-state index contributed by atoms with van der Waals surface area (Å²) in [6.45, 7) is 0. The SMILES string of the molecule is Cn1c(=O)c2cc(NC(=O)c3cnn(-c4cccc(Cl)c4)c3)cnc2n(C)c1=O. The molecule has 0 atom stereocenters. The topological polar surface area (TPSA) is 104 Å². The van der Waals surface area contributed by atoms with Crippen LogP contribution in [0.3, 0.4) is 0 Å². The van der Waals surface area contributed by atoms with Crippen LogP contribution < -0.4 is 16.6 Å². The van der Waals surface area contributed by atoms with E-state index in [0.717, 1.165) is 4.57 Å². The summed E-state index contributed by atoms with van der Waals surface area (Å²) in [6, 6.07) is 8.56. The summed E-state index contributed by atoms with van der Waals surface area (Å²) in [5, 5.41) is 7.65. The lowest BCUT2D eigenvalue weighted by Gasteiger charge is -2.08. The van der Waals surface area contributed by atoms with E-state index >= 15 is 0 Å². The Balaban J connectivity index is 1.65. The van der Waals surface area contributed by atoms with E-state index in [-0.39, 0.29) is 11.0 Å². The van der Waals surface area contributed by atoms with E-state index in [1.807, 2.05) is 6.07 Å². The van der Waals surface area contributed by atoms with Crippen LogP contribution in [0.1, 0.15) is 10.4 Å². The lowest BCUT2D eigenvalue weighted by molar-refractivity contribution is 0.102. The molecule has 4 aromatic rings. The fourth-order valence-corrected chi connectivity index (χ4v) is 3.12. The molecule has 0 unspecified atom stereocenters. The van der Waals surface area contributed by atoms with E-state index in [4.69, 9.17) is 11.6 Å². The summed E-state index contributed by atoms with van der Waals surface area (Å²) in [6.07, 6.45) is 4.38. The van der Waals surface area contributed by atoms with Crippen LogP contribution in [-0.2, 0) is 14.1 Å². The van der Waals surface area contributed by atoms with Crippen molar-refractivity contribution < 1.29 is 4.79 Å². The van der Waals surface area contributed by atoms with Gasteiger partial charge in [0.05, 0.1) is 34.7 Å². The standard InChI is InChI=1S/C19H15ClN6O3/c1-24-16-15(18(28)25(2)19(24)29)7-13(9-21-16)23-17(27)11-8-22-26(10-11)14-5-3-4-12(20)6-14/h3-10H,1-2H3,(H,23,27). The summed E-state index contributed by atoms with van der Waals surface area (Å²) in [4.78, 5) is 41.1. The number of fused-ring (bicyclic) bond motifs is 1. The minimum Gasteiger partial charge on any atom is -0.320 e. The highest BCUT2D eigenvalue weighted by atomic mass is 35.5. The van der Waals surface area contributed by atoms with Gasteiger partial charge in [0, 0.05) is 25.3 Å². The largest absolute Gasteiger partial charge is 0.332 e. The van der Waals surface area contributed by atoms with Gasteiger partial charge in [-0.05, 0) is 24.3 Å². The van der Waals surface area contributed by atoms with Crippen molar-refractivity contribution >= 4 is 34.2 Å². The Morgan fingerprint density at radius 2 is 1.90 bits per heavy atom. The minimum absolute atomic E-state index is 0.224. The molecule has 0 radical (unpaired) electrons. The predicted octanol–water partition coefficient (Wildman–Crippen LogP) is 1.72. The Bertz CT molecular complexity index is 1380. The van der Waals surface area contributed by atoms with E-state index in [0.29, 0.717) is 22.0 Å². The highest BCUT2D eigenvalue weighted by Gasteiger charge is 2.14. The van der Waals surface area contributed by atoms with Gasteiger partial charge in [-0.1, -0.05) is 17.7 Å². The Labute approximate surface area is 168 Å². The van der Waals surface area contributed by atoms with Crippen molar-refractivity contribution in [3.8, 4) is 5.69 Å². The van der Waals surface area contributed by atoms with E-state index in [2.05, 4.69) is 15.4 Å². The van der Waals surface area contributed by atoms with Crippen LogP contribution in [0.15, 0.2) is 58.5 Å². The van der Waals surface area contributed by atoms with Crippen LogP contribution in [0.2, 0.25) is 5.02 Å². The maximum atomic E-state index is 12.6. The highest BCUT2D eigenvalue weighted by Crippen LogP contribution is 2.16. The third-order valence-electron chi connectivity index (χ3n) is 4.47. The maximum absolute atomic E-state index is 12.6. The van der Waals surface area contributed by atoms with Crippen LogP contribution in [0.4, 0.5) is 5.69 Å². The number of aryl methyl sites for hydroxylation is 1. The number of carbonyl (C=O) groups is 1. The zero-order valence-electron chi connectivity index (χ0n) is 15.5. The summed E-state index contributed by atoms with van der Waals surface area (Å²) < 4.78 is 3.80. The smallest absolute Gasteiger partial charge is 0.320 e. The lowest BCUT2D eigenvalue weighted by Crippen LogP contribution is -2.37. The van der Waals surface area contributed by atoms with Crippen molar-refractivity contribution in [2.24, 2.45) is 14.1 Å². The molecule has 4 rings (SSSR count). The fourth-order valence-electron chi connectivity index (χ4n) is 2.94. The van der Waals surface area contributed by atoms with Gasteiger partial charge in [0.15, 0.2) is 0 Å². The third kappa shape index (κ3) is 3.32. The average molecular weight is 411 g/mol. The first-order chi connectivity index (χ1) is 13.8. The molecule has 0 saturated carbocycles. The fraction of sp³-hybridized carbons (Fsp3) is 0.105. The van der Waals surface area contributed by atoms with Crippen molar-refractivity contribution in [2.75, 3.05) is 5.32 Å². The molecule has 1 aromatic carbocycles. The molecule has 0 aliphatic rings. The molecular formula is C19H15ClN6O3. The average Bonchev–Trinajstić information content (AvgIpc) is 3.21. The molecule has 1 N–H and O–H groups in total. The van der Waals surface area contributed by atoms with Crippen molar-refractivity contribution in [3.63, 3.8) is 0 Å². The molecule has 29 heavy (non-hydrogen) atoms. The Hall–Kier alpha value is -3.72. The minimum atomic E-state index is -0.486. The number of amides is 1. The molecule has 146 valence electrons. The molecule has 0 fully saturated rings. The Kier molecular flexibility index (Phi) is 4.51. The van der Waals surface area contributed by atoms with E-state index < -0.39 is 17.2 Å². The third-order valence-corrected chi connectivity index (χ3v) is 4.70. The molecule has 0 bridgehead atoms. The second-order valence-electron chi connectivity index (χ2n) is 6.41. The van der Waals surface area contributed by atoms with Crippen LogP contribution in [0, 0.1) is 0 Å². The number of nitrogens with one attached hydrogen (secondary N) is 1. The van der Waals surface area contributed by atoms with E-state index in [1.54, 1.807) is 24.4 Å². The molecule has 9 nitrogen and oxygen atoms in total. The highest BCUT2D eigenvalue weighted by molar-refractivity contribution is 6.30. The maximum Gasteiger partial charge on any atom is 0.332 e. The monoisotopic (exact) mass is 410 g/mol. The van der Waals surface area contributed by atoms with Gasteiger partial charge in [-0.25, -0.2) is 14.5 Å². The second kappa shape index (κ2) is 7.02. The number of benzene rings is 1. The van der Waals surface area contributed by atoms with Crippen LogP contribution in [-0.4, -0.2) is 29.8 Å². The molecule has 3 heterocycles. The molecule has 10 heteroatoms. The van der Waals surface area contributed by atoms with Crippen molar-refractivity contribution in [1.82, 2.24) is 23.9 Å². The molecule has 0 spiro atoms. The Morgan fingerprint density at radius 1 is 1.10 bits per heavy atom. The molecule has 0 aliphatic carbocycles. The quantitative estimate of drug-likeness (QED) is 0.554. The number of hydrogen-bond donors (Lipinski definition) is 1. The second-order valence-corrected chi connectivity index (χ2v) is 6.84. The first kappa shape index (κ1) is 18.6. The first-order valence-corrected chi connectivity index (χ1v) is 8.90. The molecule has 0 aliphatic heterocycles. The van der Waals surface area contributed by atoms with Gasteiger partial charge in [-0.3, -0.25) is 18.7 Å². The molecule has 3 aromatic heterocycles. The summed E-state index contributed by atoms with van der Waals surface area (Å²) in [5.74, 6) is -0.416. The zero-order valence-corrected chi connectivity index (χ0v) is 16.2. The zero-order chi connectivity index (χ0) is 20.7. The van der Waals surface area contributed by atoms with Gasteiger partial charge in [-0.2, -0.15) is 5.10 Å². The Morgan fingerprint density at radius 3 is 2.66 bits per heavy atom. The van der Waals surface area contributed by atoms with Crippen molar-refractivity contribution in [1.29, 1.82) is 0 Å². The summed E-state index contributed by atoms with van der Waals surface area (Å²) in [5.41, 5.74) is 0.645. The van der Waals surface area contributed by atoms with Crippen LogP contribution >= 0.6 is 11.6 Å². The molecule has 0 saturated heterocycles.